The molecule has 1 heterocycles. The van der Waals surface area contributed by atoms with Gasteiger partial charge in [0.25, 0.3) is 0 Å². The maximum absolute atomic E-state index is 12.8. The third-order valence-electron chi connectivity index (χ3n) is 4.82. The molecule has 2 aromatic carbocycles. The van der Waals surface area contributed by atoms with Crippen molar-refractivity contribution in [3.05, 3.63) is 65.2 Å². The lowest BCUT2D eigenvalue weighted by atomic mass is 10.0. The van der Waals surface area contributed by atoms with Crippen molar-refractivity contribution in [2.45, 2.75) is 45.9 Å². The molecule has 6 heteroatoms. The molecular weight excluding hydrogens is 366 g/mol. The highest BCUT2D eigenvalue weighted by molar-refractivity contribution is 6.02. The van der Waals surface area contributed by atoms with Crippen LogP contribution in [0.1, 0.15) is 37.0 Å². The van der Waals surface area contributed by atoms with Gasteiger partial charge in [0.05, 0.1) is 19.4 Å². The fourth-order valence-electron chi connectivity index (χ4n) is 3.38. The second-order valence-electron chi connectivity index (χ2n) is 7.62. The van der Waals surface area contributed by atoms with Crippen LogP contribution in [-0.2, 0) is 11.4 Å². The van der Waals surface area contributed by atoms with Crippen LogP contribution in [0.5, 0.6) is 5.75 Å². The molecule has 1 aliphatic heterocycles. The molecular formula is C23H29N3O3. The number of ether oxygens (including phenoxy) is 1. The van der Waals surface area contributed by atoms with E-state index in [1.807, 2.05) is 50.2 Å². The predicted molar refractivity (Wildman–Crippen MR) is 114 cm³/mol. The fraction of sp³-hybridized carbons (Fsp3) is 0.391. The SMILES string of the molecule is COc1cccc(CN(CC2CC(c3ccccc3C)=NO2)C(=O)NC(C)C)c1. The zero-order valence-electron chi connectivity index (χ0n) is 17.5. The van der Waals surface area contributed by atoms with Crippen LogP contribution in [0, 0.1) is 6.92 Å². The summed E-state index contributed by atoms with van der Waals surface area (Å²) in [5.41, 5.74) is 4.20. The van der Waals surface area contributed by atoms with Crippen LogP contribution in [0.25, 0.3) is 0 Å². The van der Waals surface area contributed by atoms with Gasteiger partial charge in [0, 0.05) is 24.6 Å². The van der Waals surface area contributed by atoms with Crippen LogP contribution in [0.3, 0.4) is 0 Å². The van der Waals surface area contributed by atoms with Gasteiger partial charge >= 0.3 is 6.03 Å². The number of rotatable bonds is 7. The molecule has 2 aromatic rings. The van der Waals surface area contributed by atoms with Crippen LogP contribution in [0.15, 0.2) is 53.7 Å². The van der Waals surface area contributed by atoms with Crippen LogP contribution < -0.4 is 10.1 Å². The number of carbonyl (C=O) groups is 1. The Morgan fingerprint density at radius 1 is 1.28 bits per heavy atom. The summed E-state index contributed by atoms with van der Waals surface area (Å²) in [6.07, 6.45) is 0.502. The van der Waals surface area contributed by atoms with Gasteiger partial charge in [0.1, 0.15) is 5.75 Å². The molecule has 0 saturated heterocycles. The molecule has 0 spiro atoms. The number of carbonyl (C=O) groups excluding carboxylic acids is 1. The minimum atomic E-state index is -0.173. The molecule has 0 saturated carbocycles. The van der Waals surface area contributed by atoms with E-state index in [-0.39, 0.29) is 18.2 Å². The Kier molecular flexibility index (Phi) is 6.75. The molecule has 0 aromatic heterocycles. The number of benzene rings is 2. The normalized spacial score (nSPS) is 15.6. The van der Waals surface area contributed by atoms with Crippen LogP contribution in [0.2, 0.25) is 0 Å². The molecule has 0 aliphatic carbocycles. The number of nitrogens with zero attached hydrogens (tertiary/aromatic N) is 2. The minimum absolute atomic E-state index is 0.0542. The van der Waals surface area contributed by atoms with E-state index in [0.29, 0.717) is 19.5 Å². The van der Waals surface area contributed by atoms with Gasteiger partial charge < -0.3 is 19.8 Å². The fourth-order valence-corrected chi connectivity index (χ4v) is 3.38. The number of methoxy groups -OCH3 is 1. The van der Waals surface area contributed by atoms with Crippen molar-refractivity contribution >= 4 is 11.7 Å². The molecule has 6 nitrogen and oxygen atoms in total. The lowest BCUT2D eigenvalue weighted by Crippen LogP contribution is -2.45. The molecule has 1 aliphatic rings. The maximum Gasteiger partial charge on any atom is 0.318 e. The molecule has 3 rings (SSSR count). The van der Waals surface area contributed by atoms with Crippen molar-refractivity contribution < 1.29 is 14.4 Å². The molecule has 0 radical (unpaired) electrons. The van der Waals surface area contributed by atoms with E-state index in [2.05, 4.69) is 29.5 Å². The van der Waals surface area contributed by atoms with Crippen molar-refractivity contribution in [2.24, 2.45) is 5.16 Å². The second kappa shape index (κ2) is 9.45. The molecule has 1 N–H and O–H groups in total. The monoisotopic (exact) mass is 395 g/mol. The number of oxime groups is 1. The van der Waals surface area contributed by atoms with Crippen molar-refractivity contribution in [1.82, 2.24) is 10.2 Å². The molecule has 154 valence electrons. The third-order valence-corrected chi connectivity index (χ3v) is 4.82. The Balaban J connectivity index is 1.70. The number of nitrogens with one attached hydrogen (secondary N) is 1. The van der Waals surface area contributed by atoms with Gasteiger partial charge in [-0.3, -0.25) is 0 Å². The largest absolute Gasteiger partial charge is 0.497 e. The number of urea groups is 1. The zero-order valence-corrected chi connectivity index (χ0v) is 17.5. The molecule has 1 atom stereocenters. The second-order valence-corrected chi connectivity index (χ2v) is 7.62. The van der Waals surface area contributed by atoms with Crippen LogP contribution in [0.4, 0.5) is 4.79 Å². The van der Waals surface area contributed by atoms with Gasteiger partial charge in [-0.25, -0.2) is 4.79 Å². The van der Waals surface area contributed by atoms with Gasteiger partial charge in [-0.05, 0) is 44.0 Å². The van der Waals surface area contributed by atoms with E-state index in [1.165, 1.54) is 5.56 Å². The summed E-state index contributed by atoms with van der Waals surface area (Å²) < 4.78 is 5.31. The highest BCUT2D eigenvalue weighted by Crippen LogP contribution is 2.21. The molecule has 29 heavy (non-hydrogen) atoms. The van der Waals surface area contributed by atoms with Crippen molar-refractivity contribution in [1.29, 1.82) is 0 Å². The Hall–Kier alpha value is -3.02. The quantitative estimate of drug-likeness (QED) is 0.767. The first-order chi connectivity index (χ1) is 14.0. The van der Waals surface area contributed by atoms with Crippen LogP contribution in [-0.4, -0.2) is 42.4 Å². The molecule has 0 fully saturated rings. The average molecular weight is 396 g/mol. The maximum atomic E-state index is 12.8. The topological polar surface area (TPSA) is 63.2 Å². The van der Waals surface area contributed by atoms with Gasteiger partial charge in [-0.1, -0.05) is 41.6 Å². The summed E-state index contributed by atoms with van der Waals surface area (Å²) in [4.78, 5) is 20.3. The third kappa shape index (κ3) is 5.50. The lowest BCUT2D eigenvalue weighted by Gasteiger charge is -2.26. The number of hydrogen-bond donors (Lipinski definition) is 1. The Labute approximate surface area is 172 Å². The summed E-state index contributed by atoms with van der Waals surface area (Å²) in [7, 11) is 1.64. The Morgan fingerprint density at radius 2 is 2.07 bits per heavy atom. The average Bonchev–Trinajstić information content (AvgIpc) is 3.16. The number of amides is 2. The standard InChI is InChI=1S/C23H29N3O3/c1-16(2)24-23(27)26(14-18-9-7-10-19(12-18)28-4)15-20-13-22(25-29-20)21-11-6-5-8-17(21)3/h5-12,16,20H,13-15H2,1-4H3,(H,24,27). The highest BCUT2D eigenvalue weighted by atomic mass is 16.6. The van der Waals surface area contributed by atoms with Gasteiger partial charge in [0.15, 0.2) is 6.10 Å². The van der Waals surface area contributed by atoms with Crippen molar-refractivity contribution in [2.75, 3.05) is 13.7 Å². The van der Waals surface area contributed by atoms with E-state index in [1.54, 1.807) is 12.0 Å². The first-order valence-electron chi connectivity index (χ1n) is 9.93. The number of aryl methyl sites for hydroxylation is 1. The van der Waals surface area contributed by atoms with Crippen molar-refractivity contribution in [3.8, 4) is 5.75 Å². The van der Waals surface area contributed by atoms with Gasteiger partial charge in [-0.2, -0.15) is 0 Å². The van der Waals surface area contributed by atoms with Gasteiger partial charge in [-0.15, -0.1) is 0 Å². The Morgan fingerprint density at radius 3 is 2.79 bits per heavy atom. The first-order valence-corrected chi connectivity index (χ1v) is 9.93. The van der Waals surface area contributed by atoms with Crippen LogP contribution >= 0.6 is 0 Å². The zero-order chi connectivity index (χ0) is 20.8. The highest BCUT2D eigenvalue weighted by Gasteiger charge is 2.27. The summed E-state index contributed by atoms with van der Waals surface area (Å²) in [5, 5.41) is 7.27. The molecule has 2 amide bonds. The van der Waals surface area contributed by atoms with E-state index in [0.717, 1.165) is 22.6 Å². The smallest absolute Gasteiger partial charge is 0.318 e. The minimum Gasteiger partial charge on any atom is -0.497 e. The molecule has 1 unspecified atom stereocenters. The predicted octanol–water partition coefficient (Wildman–Crippen LogP) is 4.12. The Bertz CT molecular complexity index is 879. The van der Waals surface area contributed by atoms with E-state index < -0.39 is 0 Å². The number of hydrogen-bond acceptors (Lipinski definition) is 4. The summed E-state index contributed by atoms with van der Waals surface area (Å²) in [6, 6.07) is 15.8. The first kappa shape index (κ1) is 20.7. The summed E-state index contributed by atoms with van der Waals surface area (Å²) >= 11 is 0. The van der Waals surface area contributed by atoms with Crippen molar-refractivity contribution in [3.63, 3.8) is 0 Å². The van der Waals surface area contributed by atoms with E-state index in [4.69, 9.17) is 9.57 Å². The van der Waals surface area contributed by atoms with Gasteiger partial charge in [0.2, 0.25) is 0 Å². The summed E-state index contributed by atoms with van der Waals surface area (Å²) in [5.74, 6) is 0.772. The van der Waals surface area contributed by atoms with E-state index >= 15 is 0 Å². The molecule has 0 bridgehead atoms. The lowest BCUT2D eigenvalue weighted by molar-refractivity contribution is 0.0586. The summed E-state index contributed by atoms with van der Waals surface area (Å²) in [6.45, 7) is 6.89. The van der Waals surface area contributed by atoms with E-state index in [9.17, 15) is 4.79 Å².